The van der Waals surface area contributed by atoms with Crippen molar-refractivity contribution in [2.75, 3.05) is 13.7 Å². The van der Waals surface area contributed by atoms with Crippen molar-refractivity contribution in [3.05, 3.63) is 29.8 Å². The first-order valence-electron chi connectivity index (χ1n) is 4.29. The van der Waals surface area contributed by atoms with E-state index >= 15 is 0 Å². The van der Waals surface area contributed by atoms with Crippen LogP contribution in [0.1, 0.15) is 12.5 Å². The van der Waals surface area contributed by atoms with E-state index in [0.29, 0.717) is 6.61 Å². The molecule has 0 aliphatic heterocycles. The third kappa shape index (κ3) is 3.15. The summed E-state index contributed by atoms with van der Waals surface area (Å²) in [5, 5.41) is 3.91. The van der Waals surface area contributed by atoms with Crippen LogP contribution in [0.5, 0.6) is 5.75 Å². The van der Waals surface area contributed by atoms with E-state index in [1.54, 1.807) is 13.3 Å². The largest absolute Gasteiger partial charge is 0.494 e. The molecular formula is C10H14N2O. The van der Waals surface area contributed by atoms with E-state index < -0.39 is 0 Å². The van der Waals surface area contributed by atoms with Gasteiger partial charge in [0.25, 0.3) is 0 Å². The van der Waals surface area contributed by atoms with Crippen molar-refractivity contribution in [1.29, 1.82) is 0 Å². The van der Waals surface area contributed by atoms with Crippen molar-refractivity contribution in [3.63, 3.8) is 0 Å². The fourth-order valence-corrected chi connectivity index (χ4v) is 0.990. The maximum Gasteiger partial charge on any atom is 0.119 e. The molecule has 3 nitrogen and oxygen atoms in total. The van der Waals surface area contributed by atoms with Crippen molar-refractivity contribution >= 4 is 6.21 Å². The Morgan fingerprint density at radius 3 is 3.08 bits per heavy atom. The average molecular weight is 178 g/mol. The predicted molar refractivity (Wildman–Crippen MR) is 54.3 cm³/mol. The van der Waals surface area contributed by atoms with Crippen molar-refractivity contribution in [2.45, 2.75) is 6.92 Å². The molecule has 0 aliphatic rings. The number of hydrogen-bond acceptors (Lipinski definition) is 3. The standard InChI is InChI=1S/C10H14N2O/c1-3-13-10-6-4-5-9(7-10)8-12-11-2/h4-8,11H,3H2,1-2H3/b12-8+. The number of nitrogens with one attached hydrogen (secondary N) is 1. The Bertz CT molecular complexity index is 284. The van der Waals surface area contributed by atoms with Crippen LogP contribution in [-0.2, 0) is 0 Å². The van der Waals surface area contributed by atoms with Gasteiger partial charge < -0.3 is 10.2 Å². The summed E-state index contributed by atoms with van der Waals surface area (Å²) in [5.74, 6) is 0.877. The molecule has 0 aromatic heterocycles. The van der Waals surface area contributed by atoms with Gasteiger partial charge in [0.05, 0.1) is 12.8 Å². The summed E-state index contributed by atoms with van der Waals surface area (Å²) < 4.78 is 5.34. The van der Waals surface area contributed by atoms with Crippen molar-refractivity contribution in [1.82, 2.24) is 5.43 Å². The highest BCUT2D eigenvalue weighted by atomic mass is 16.5. The monoisotopic (exact) mass is 178 g/mol. The zero-order valence-corrected chi connectivity index (χ0v) is 7.95. The number of hydrogen-bond donors (Lipinski definition) is 1. The number of benzene rings is 1. The maximum absolute atomic E-state index is 5.34. The van der Waals surface area contributed by atoms with Crippen molar-refractivity contribution in [2.24, 2.45) is 5.10 Å². The molecule has 0 saturated heterocycles. The number of rotatable bonds is 4. The Hall–Kier alpha value is -1.51. The Kier molecular flexibility index (Phi) is 3.82. The molecule has 0 bridgehead atoms. The molecule has 0 heterocycles. The van der Waals surface area contributed by atoms with Gasteiger partial charge >= 0.3 is 0 Å². The first-order chi connectivity index (χ1) is 6.36. The second-order valence-electron chi connectivity index (χ2n) is 2.49. The van der Waals surface area contributed by atoms with E-state index in [1.807, 2.05) is 31.2 Å². The SMILES string of the molecule is CCOc1cccc(/C=N/NC)c1. The Labute approximate surface area is 78.4 Å². The topological polar surface area (TPSA) is 33.6 Å². The molecule has 70 valence electrons. The third-order valence-electron chi connectivity index (χ3n) is 1.51. The van der Waals surface area contributed by atoms with Crippen LogP contribution in [-0.4, -0.2) is 19.9 Å². The van der Waals surface area contributed by atoms with Crippen LogP contribution >= 0.6 is 0 Å². The molecule has 3 heteroatoms. The van der Waals surface area contributed by atoms with Crippen LogP contribution in [0.15, 0.2) is 29.4 Å². The fourth-order valence-electron chi connectivity index (χ4n) is 0.990. The molecular weight excluding hydrogens is 164 g/mol. The predicted octanol–water partition coefficient (Wildman–Crippen LogP) is 1.64. The smallest absolute Gasteiger partial charge is 0.119 e. The van der Waals surface area contributed by atoms with Crippen LogP contribution in [0, 0.1) is 0 Å². The lowest BCUT2D eigenvalue weighted by Crippen LogP contribution is -1.96. The summed E-state index contributed by atoms with van der Waals surface area (Å²) in [6, 6.07) is 7.80. The minimum absolute atomic E-state index is 0.687. The molecule has 13 heavy (non-hydrogen) atoms. The summed E-state index contributed by atoms with van der Waals surface area (Å²) in [6.07, 6.45) is 1.75. The lowest BCUT2D eigenvalue weighted by Gasteiger charge is -2.02. The van der Waals surface area contributed by atoms with E-state index in [2.05, 4.69) is 10.5 Å². The van der Waals surface area contributed by atoms with Crippen molar-refractivity contribution < 1.29 is 4.74 Å². The molecule has 0 radical (unpaired) electrons. The molecule has 0 aliphatic carbocycles. The highest BCUT2D eigenvalue weighted by Crippen LogP contribution is 2.11. The van der Waals surface area contributed by atoms with Gasteiger partial charge in [-0.05, 0) is 24.6 Å². The molecule has 1 aromatic rings. The average Bonchev–Trinajstić information content (AvgIpc) is 2.16. The molecule has 1 aromatic carbocycles. The van der Waals surface area contributed by atoms with E-state index in [-0.39, 0.29) is 0 Å². The highest BCUT2D eigenvalue weighted by Gasteiger charge is 1.92. The van der Waals surface area contributed by atoms with Gasteiger partial charge in [0.15, 0.2) is 0 Å². The molecule has 0 unspecified atom stereocenters. The van der Waals surface area contributed by atoms with Gasteiger partial charge in [-0.1, -0.05) is 12.1 Å². The summed E-state index contributed by atoms with van der Waals surface area (Å²) in [5.41, 5.74) is 3.72. The maximum atomic E-state index is 5.34. The minimum Gasteiger partial charge on any atom is -0.494 e. The molecule has 0 saturated carbocycles. The fraction of sp³-hybridized carbons (Fsp3) is 0.300. The second kappa shape index (κ2) is 5.19. The normalized spacial score (nSPS) is 10.3. The van der Waals surface area contributed by atoms with Gasteiger partial charge in [0.2, 0.25) is 0 Å². The quantitative estimate of drug-likeness (QED) is 0.561. The zero-order chi connectivity index (χ0) is 9.52. The Balaban J connectivity index is 2.73. The molecule has 1 N–H and O–H groups in total. The summed E-state index contributed by atoms with van der Waals surface area (Å²) in [7, 11) is 1.77. The van der Waals surface area contributed by atoms with Crippen molar-refractivity contribution in [3.8, 4) is 5.75 Å². The summed E-state index contributed by atoms with van der Waals surface area (Å²) in [4.78, 5) is 0. The van der Waals surface area contributed by atoms with Crippen LogP contribution in [0.4, 0.5) is 0 Å². The first kappa shape index (κ1) is 9.58. The first-order valence-corrected chi connectivity index (χ1v) is 4.29. The lowest BCUT2D eigenvalue weighted by atomic mass is 10.2. The molecule has 0 atom stereocenters. The van der Waals surface area contributed by atoms with E-state index in [0.717, 1.165) is 11.3 Å². The summed E-state index contributed by atoms with van der Waals surface area (Å²) in [6.45, 7) is 2.65. The number of nitrogens with zero attached hydrogens (tertiary/aromatic N) is 1. The van der Waals surface area contributed by atoms with E-state index in [1.165, 1.54) is 0 Å². The second-order valence-corrected chi connectivity index (χ2v) is 2.49. The molecule has 0 amide bonds. The van der Waals surface area contributed by atoms with Crippen LogP contribution in [0.3, 0.4) is 0 Å². The molecule has 0 fully saturated rings. The minimum atomic E-state index is 0.687. The van der Waals surface area contributed by atoms with Gasteiger partial charge in [-0.15, -0.1) is 0 Å². The molecule has 0 spiro atoms. The highest BCUT2D eigenvalue weighted by molar-refractivity contribution is 5.79. The Morgan fingerprint density at radius 2 is 2.38 bits per heavy atom. The third-order valence-corrected chi connectivity index (χ3v) is 1.51. The van der Waals surface area contributed by atoms with E-state index in [9.17, 15) is 0 Å². The van der Waals surface area contributed by atoms with Gasteiger partial charge in [0, 0.05) is 7.05 Å². The number of hydrazone groups is 1. The van der Waals surface area contributed by atoms with Gasteiger partial charge in [-0.2, -0.15) is 5.10 Å². The lowest BCUT2D eigenvalue weighted by molar-refractivity contribution is 0.340. The summed E-state index contributed by atoms with van der Waals surface area (Å²) >= 11 is 0. The van der Waals surface area contributed by atoms with Crippen LogP contribution < -0.4 is 10.2 Å². The zero-order valence-electron chi connectivity index (χ0n) is 7.95. The van der Waals surface area contributed by atoms with Crippen LogP contribution in [0.2, 0.25) is 0 Å². The molecule has 1 rings (SSSR count). The van der Waals surface area contributed by atoms with E-state index in [4.69, 9.17) is 4.74 Å². The van der Waals surface area contributed by atoms with Gasteiger partial charge in [-0.25, -0.2) is 0 Å². The Morgan fingerprint density at radius 1 is 1.54 bits per heavy atom. The number of ether oxygens (including phenoxy) is 1. The van der Waals surface area contributed by atoms with Gasteiger partial charge in [0.1, 0.15) is 5.75 Å². The van der Waals surface area contributed by atoms with Gasteiger partial charge in [-0.3, -0.25) is 0 Å². The van der Waals surface area contributed by atoms with Crippen LogP contribution in [0.25, 0.3) is 0 Å².